The van der Waals surface area contributed by atoms with Crippen LogP contribution in [0.25, 0.3) is 0 Å². The lowest BCUT2D eigenvalue weighted by Gasteiger charge is -2.38. The van der Waals surface area contributed by atoms with Crippen LogP contribution in [0.5, 0.6) is 0 Å². The number of rotatable bonds is 4. The minimum absolute atomic E-state index is 0.000713. The first-order valence-electron chi connectivity index (χ1n) is 10.3. The summed E-state index contributed by atoms with van der Waals surface area (Å²) < 4.78 is 71.0. The first kappa shape index (κ1) is 24.3. The second-order valence-corrected chi connectivity index (χ2v) is 9.95. The number of piperidine rings is 2. The molecule has 1 N–H and O–H groups in total. The highest BCUT2D eigenvalue weighted by atomic mass is 32.2. The molecule has 0 bridgehead atoms. The van der Waals surface area contributed by atoms with Gasteiger partial charge in [0.05, 0.1) is 23.8 Å². The second-order valence-electron chi connectivity index (χ2n) is 8.01. The van der Waals surface area contributed by atoms with Crippen molar-refractivity contribution in [3.8, 4) is 0 Å². The summed E-state index contributed by atoms with van der Waals surface area (Å²) in [4.78, 5) is 25.4. The van der Waals surface area contributed by atoms with Gasteiger partial charge in [-0.3, -0.25) is 10.1 Å². The summed E-state index contributed by atoms with van der Waals surface area (Å²) in [6, 6.07) is 5.51. The maximum absolute atomic E-state index is 13.1. The van der Waals surface area contributed by atoms with Gasteiger partial charge in [0.2, 0.25) is 15.9 Å². The SMILES string of the molecule is COC(=O)Nc1ccc(S(=O)(=O)N2CCCC(C(=O)N3CCCC(C(F)(F)F)C3)C2)cc1. The van der Waals surface area contributed by atoms with Gasteiger partial charge in [-0.05, 0) is 49.9 Å². The standard InChI is InChI=1S/C20H26F3N3O5S/c1-31-19(28)24-16-6-8-17(9-7-16)32(29,30)26-11-2-4-14(12-26)18(27)25-10-3-5-15(13-25)20(21,22)23/h6-9,14-15H,2-5,10-13H2,1H3,(H,24,28). The molecule has 2 heterocycles. The third kappa shape index (κ3) is 5.52. The number of hydrogen-bond donors (Lipinski definition) is 1. The molecule has 32 heavy (non-hydrogen) atoms. The number of benzene rings is 1. The summed E-state index contributed by atoms with van der Waals surface area (Å²) in [6.45, 7) is 0.0273. The van der Waals surface area contributed by atoms with E-state index in [1.165, 1.54) is 40.6 Å². The Morgan fingerprint density at radius 1 is 1.06 bits per heavy atom. The number of hydrogen-bond acceptors (Lipinski definition) is 5. The molecular weight excluding hydrogens is 451 g/mol. The van der Waals surface area contributed by atoms with Crippen LogP contribution in [-0.2, 0) is 19.6 Å². The summed E-state index contributed by atoms with van der Waals surface area (Å²) in [5.41, 5.74) is 0.354. The van der Waals surface area contributed by atoms with Gasteiger partial charge in [-0.15, -0.1) is 0 Å². The van der Waals surface area contributed by atoms with Crippen molar-refractivity contribution in [2.24, 2.45) is 11.8 Å². The fourth-order valence-corrected chi connectivity index (χ4v) is 5.62. The monoisotopic (exact) mass is 477 g/mol. The number of methoxy groups -OCH3 is 1. The molecule has 2 unspecified atom stereocenters. The number of carbonyl (C=O) groups is 2. The Hall–Kier alpha value is -2.34. The molecule has 2 atom stereocenters. The molecule has 2 fully saturated rings. The quantitative estimate of drug-likeness (QED) is 0.719. The fraction of sp³-hybridized carbons (Fsp3) is 0.600. The third-order valence-corrected chi connectivity index (χ3v) is 7.73. The van der Waals surface area contributed by atoms with Crippen molar-refractivity contribution in [2.75, 3.05) is 38.6 Å². The summed E-state index contributed by atoms with van der Waals surface area (Å²) in [6.07, 6.45) is -3.90. The van der Waals surface area contributed by atoms with E-state index in [0.717, 1.165) is 0 Å². The van der Waals surface area contributed by atoms with Gasteiger partial charge < -0.3 is 9.64 Å². The van der Waals surface area contributed by atoms with E-state index < -0.39 is 40.0 Å². The van der Waals surface area contributed by atoms with Gasteiger partial charge in [-0.2, -0.15) is 17.5 Å². The third-order valence-electron chi connectivity index (χ3n) is 5.85. The molecule has 2 saturated heterocycles. The van der Waals surface area contributed by atoms with Gasteiger partial charge in [0.1, 0.15) is 0 Å². The maximum Gasteiger partial charge on any atom is 0.411 e. The molecule has 0 aromatic heterocycles. The predicted molar refractivity (Wildman–Crippen MR) is 109 cm³/mol. The van der Waals surface area contributed by atoms with E-state index >= 15 is 0 Å². The molecule has 2 aliphatic heterocycles. The molecule has 0 radical (unpaired) electrons. The number of carbonyl (C=O) groups excluding carboxylic acids is 2. The summed E-state index contributed by atoms with van der Waals surface area (Å²) in [5.74, 6) is -2.64. The molecule has 3 rings (SSSR count). The van der Waals surface area contributed by atoms with E-state index in [1.807, 2.05) is 0 Å². The maximum atomic E-state index is 13.1. The summed E-state index contributed by atoms with van der Waals surface area (Å²) in [5, 5.41) is 2.42. The number of amides is 2. The van der Waals surface area contributed by atoms with Crippen molar-refractivity contribution in [3.63, 3.8) is 0 Å². The average Bonchev–Trinajstić information content (AvgIpc) is 2.78. The van der Waals surface area contributed by atoms with E-state index in [-0.39, 0.29) is 43.9 Å². The first-order valence-corrected chi connectivity index (χ1v) is 11.8. The highest BCUT2D eigenvalue weighted by Gasteiger charge is 2.44. The summed E-state index contributed by atoms with van der Waals surface area (Å²) in [7, 11) is -2.70. The van der Waals surface area contributed by atoms with Crippen molar-refractivity contribution >= 4 is 27.7 Å². The first-order chi connectivity index (χ1) is 15.0. The number of sulfonamides is 1. The van der Waals surface area contributed by atoms with Gasteiger partial charge in [-0.1, -0.05) is 0 Å². The van der Waals surface area contributed by atoms with Crippen LogP contribution >= 0.6 is 0 Å². The van der Waals surface area contributed by atoms with E-state index in [9.17, 15) is 31.2 Å². The Labute approximate surface area is 184 Å². The Morgan fingerprint density at radius 2 is 1.72 bits per heavy atom. The minimum atomic E-state index is -4.35. The van der Waals surface area contributed by atoms with E-state index in [2.05, 4.69) is 10.1 Å². The number of anilines is 1. The highest BCUT2D eigenvalue weighted by Crippen LogP contribution is 2.34. The van der Waals surface area contributed by atoms with Gasteiger partial charge >= 0.3 is 12.3 Å². The number of nitrogens with zero attached hydrogens (tertiary/aromatic N) is 2. The Kier molecular flexibility index (Phi) is 7.33. The Morgan fingerprint density at radius 3 is 2.34 bits per heavy atom. The Balaban J connectivity index is 1.68. The van der Waals surface area contributed by atoms with Crippen molar-refractivity contribution in [2.45, 2.75) is 36.8 Å². The Bertz CT molecular complexity index is 937. The van der Waals surface area contributed by atoms with Crippen LogP contribution < -0.4 is 5.32 Å². The van der Waals surface area contributed by atoms with E-state index in [4.69, 9.17) is 0 Å². The molecular formula is C20H26F3N3O5S. The minimum Gasteiger partial charge on any atom is -0.453 e. The van der Waals surface area contributed by atoms with Crippen LogP contribution in [-0.4, -0.2) is 69.1 Å². The van der Waals surface area contributed by atoms with Crippen LogP contribution in [0.4, 0.5) is 23.7 Å². The lowest BCUT2D eigenvalue weighted by atomic mass is 9.93. The molecule has 0 saturated carbocycles. The summed E-state index contributed by atoms with van der Waals surface area (Å²) >= 11 is 0. The number of nitrogens with one attached hydrogen (secondary N) is 1. The molecule has 178 valence electrons. The van der Waals surface area contributed by atoms with E-state index in [0.29, 0.717) is 18.5 Å². The van der Waals surface area contributed by atoms with Crippen LogP contribution in [0.15, 0.2) is 29.2 Å². The number of ether oxygens (including phenoxy) is 1. The van der Waals surface area contributed by atoms with Crippen molar-refractivity contribution < 1.29 is 35.9 Å². The molecule has 8 nitrogen and oxygen atoms in total. The predicted octanol–water partition coefficient (Wildman–Crippen LogP) is 3.07. The topological polar surface area (TPSA) is 96.0 Å². The van der Waals surface area contributed by atoms with Crippen LogP contribution in [0, 0.1) is 11.8 Å². The molecule has 1 aromatic carbocycles. The van der Waals surface area contributed by atoms with Gasteiger partial charge in [-0.25, -0.2) is 13.2 Å². The zero-order valence-electron chi connectivity index (χ0n) is 17.6. The van der Waals surface area contributed by atoms with Crippen molar-refractivity contribution in [1.29, 1.82) is 0 Å². The number of halogens is 3. The number of likely N-dealkylation sites (tertiary alicyclic amines) is 1. The fourth-order valence-electron chi connectivity index (χ4n) is 4.09. The zero-order valence-corrected chi connectivity index (χ0v) is 18.4. The second kappa shape index (κ2) is 9.65. The van der Waals surface area contributed by atoms with Crippen LogP contribution in [0.2, 0.25) is 0 Å². The lowest BCUT2D eigenvalue weighted by Crippen LogP contribution is -2.50. The smallest absolute Gasteiger partial charge is 0.411 e. The molecule has 2 aliphatic rings. The van der Waals surface area contributed by atoms with Crippen molar-refractivity contribution in [3.05, 3.63) is 24.3 Å². The highest BCUT2D eigenvalue weighted by molar-refractivity contribution is 7.89. The molecule has 0 spiro atoms. The van der Waals surface area contributed by atoms with Crippen molar-refractivity contribution in [1.82, 2.24) is 9.21 Å². The average molecular weight is 478 g/mol. The largest absolute Gasteiger partial charge is 0.453 e. The zero-order chi connectivity index (χ0) is 23.5. The van der Waals surface area contributed by atoms with Gasteiger partial charge in [0, 0.05) is 31.9 Å². The van der Waals surface area contributed by atoms with Gasteiger partial charge in [0.25, 0.3) is 0 Å². The molecule has 12 heteroatoms. The van der Waals surface area contributed by atoms with Gasteiger partial charge in [0.15, 0.2) is 0 Å². The van der Waals surface area contributed by atoms with Crippen LogP contribution in [0.1, 0.15) is 25.7 Å². The normalized spacial score (nSPS) is 22.9. The molecule has 0 aliphatic carbocycles. The lowest BCUT2D eigenvalue weighted by molar-refractivity contribution is -0.188. The van der Waals surface area contributed by atoms with Crippen LogP contribution in [0.3, 0.4) is 0 Å². The van der Waals surface area contributed by atoms with E-state index in [1.54, 1.807) is 0 Å². The number of alkyl halides is 3. The molecule has 1 aromatic rings. The molecule has 2 amide bonds.